The number of hydrogen-bond acceptors (Lipinski definition) is 4. The Morgan fingerprint density at radius 1 is 1.12 bits per heavy atom. The van der Waals surface area contributed by atoms with Gasteiger partial charge < -0.3 is 15.4 Å². The summed E-state index contributed by atoms with van der Waals surface area (Å²) in [6, 6.07) is 17.3. The number of nitriles is 1. The molecular weight excluding hydrogens is 318 g/mol. The van der Waals surface area contributed by atoms with E-state index >= 15 is 0 Å². The van der Waals surface area contributed by atoms with Crippen LogP contribution in [-0.2, 0) is 10.3 Å². The molecule has 25 heavy (non-hydrogen) atoms. The van der Waals surface area contributed by atoms with Gasteiger partial charge in [0.25, 0.3) is 11.8 Å². The van der Waals surface area contributed by atoms with Crippen LogP contribution in [0.1, 0.15) is 22.8 Å². The minimum absolute atomic E-state index is 0.147. The van der Waals surface area contributed by atoms with Gasteiger partial charge in [0, 0.05) is 5.56 Å². The van der Waals surface area contributed by atoms with E-state index in [2.05, 4.69) is 10.6 Å². The zero-order chi connectivity index (χ0) is 18.3. The van der Waals surface area contributed by atoms with Crippen molar-refractivity contribution in [2.45, 2.75) is 12.5 Å². The Morgan fingerprint density at radius 3 is 2.32 bits per heavy atom. The molecule has 0 aliphatic carbocycles. The first-order valence-electron chi connectivity index (χ1n) is 7.68. The molecule has 6 nitrogen and oxygen atoms in total. The number of hydrogen-bond donors (Lipinski definition) is 2. The normalized spacial score (nSPS) is 12.4. The summed E-state index contributed by atoms with van der Waals surface area (Å²) in [4.78, 5) is 25.2. The van der Waals surface area contributed by atoms with Gasteiger partial charge >= 0.3 is 0 Å². The molecule has 2 N–H and O–H groups in total. The molecule has 0 saturated carbocycles. The van der Waals surface area contributed by atoms with Gasteiger partial charge in [0.15, 0.2) is 0 Å². The summed E-state index contributed by atoms with van der Waals surface area (Å²) in [6.07, 6.45) is 0. The molecule has 0 radical (unpaired) electrons. The van der Waals surface area contributed by atoms with Crippen LogP contribution in [0.4, 0.5) is 0 Å². The van der Waals surface area contributed by atoms with Gasteiger partial charge in [-0.25, -0.2) is 0 Å². The monoisotopic (exact) mass is 337 g/mol. The number of nitrogens with one attached hydrogen (secondary N) is 2. The topological polar surface area (TPSA) is 91.2 Å². The van der Waals surface area contributed by atoms with Crippen LogP contribution >= 0.6 is 0 Å². The molecule has 0 heterocycles. The van der Waals surface area contributed by atoms with Crippen molar-refractivity contribution < 1.29 is 14.3 Å². The number of carbonyl (C=O) groups excluding carboxylic acids is 2. The number of ether oxygens (including phenoxy) is 1. The van der Waals surface area contributed by atoms with Gasteiger partial charge in [-0.2, -0.15) is 5.26 Å². The molecule has 0 aliphatic rings. The summed E-state index contributed by atoms with van der Waals surface area (Å²) < 4.78 is 5.13. The van der Waals surface area contributed by atoms with Gasteiger partial charge in [0.1, 0.15) is 17.8 Å². The molecule has 2 rings (SSSR count). The SMILES string of the molecule is COc1ccc(C(C)(NC(=O)c2ccccc2)C(=O)NCC#N)cc1. The molecule has 2 aromatic rings. The Labute approximate surface area is 146 Å². The summed E-state index contributed by atoms with van der Waals surface area (Å²) in [5.41, 5.74) is -0.320. The molecule has 0 saturated heterocycles. The molecule has 0 aromatic heterocycles. The van der Waals surface area contributed by atoms with Crippen molar-refractivity contribution in [2.24, 2.45) is 0 Å². The first kappa shape index (κ1) is 18.0. The van der Waals surface area contributed by atoms with Gasteiger partial charge in [-0.1, -0.05) is 30.3 Å². The second-order valence-electron chi connectivity index (χ2n) is 5.51. The number of carbonyl (C=O) groups is 2. The molecule has 2 amide bonds. The summed E-state index contributed by atoms with van der Waals surface area (Å²) >= 11 is 0. The van der Waals surface area contributed by atoms with E-state index < -0.39 is 11.4 Å². The highest BCUT2D eigenvalue weighted by Gasteiger charge is 2.37. The Morgan fingerprint density at radius 2 is 1.76 bits per heavy atom. The van der Waals surface area contributed by atoms with E-state index in [-0.39, 0.29) is 12.5 Å². The summed E-state index contributed by atoms with van der Waals surface area (Å²) in [5, 5.41) is 14.0. The third-order valence-corrected chi connectivity index (χ3v) is 3.85. The van der Waals surface area contributed by atoms with Crippen molar-refractivity contribution in [3.05, 3.63) is 65.7 Å². The molecule has 6 heteroatoms. The third-order valence-electron chi connectivity index (χ3n) is 3.85. The molecule has 1 atom stereocenters. The van der Waals surface area contributed by atoms with Crippen molar-refractivity contribution in [3.8, 4) is 11.8 Å². The maximum absolute atomic E-state index is 12.6. The molecule has 0 bridgehead atoms. The summed E-state index contributed by atoms with van der Waals surface area (Å²) in [7, 11) is 1.55. The highest BCUT2D eigenvalue weighted by atomic mass is 16.5. The van der Waals surface area contributed by atoms with Crippen molar-refractivity contribution in [1.29, 1.82) is 5.26 Å². The van der Waals surface area contributed by atoms with Crippen LogP contribution in [0, 0.1) is 11.3 Å². The minimum atomic E-state index is -1.34. The Bertz CT molecular complexity index is 782. The fourth-order valence-electron chi connectivity index (χ4n) is 2.37. The standard InChI is InChI=1S/C19H19N3O3/c1-19(18(24)21-13-12-20,15-8-10-16(25-2)11-9-15)22-17(23)14-6-4-3-5-7-14/h3-11H,13H2,1-2H3,(H,21,24)(H,22,23). The van der Waals surface area contributed by atoms with Crippen molar-refractivity contribution >= 4 is 11.8 Å². The lowest BCUT2D eigenvalue weighted by atomic mass is 9.90. The van der Waals surface area contributed by atoms with Crippen molar-refractivity contribution in [1.82, 2.24) is 10.6 Å². The van der Waals surface area contributed by atoms with E-state index in [1.165, 1.54) is 0 Å². The van der Waals surface area contributed by atoms with Crippen LogP contribution < -0.4 is 15.4 Å². The molecule has 1 unspecified atom stereocenters. The van der Waals surface area contributed by atoms with Crippen molar-refractivity contribution in [3.63, 3.8) is 0 Å². The molecular formula is C19H19N3O3. The molecule has 0 fully saturated rings. The minimum Gasteiger partial charge on any atom is -0.497 e. The van der Waals surface area contributed by atoms with Crippen molar-refractivity contribution in [2.75, 3.05) is 13.7 Å². The van der Waals surface area contributed by atoms with Crippen LogP contribution in [0.15, 0.2) is 54.6 Å². The number of benzene rings is 2. The number of rotatable bonds is 6. The Balaban J connectivity index is 2.35. The Kier molecular flexibility index (Phi) is 5.75. The zero-order valence-electron chi connectivity index (χ0n) is 14.1. The smallest absolute Gasteiger partial charge is 0.252 e. The lowest BCUT2D eigenvalue weighted by molar-refractivity contribution is -0.126. The predicted octanol–water partition coefficient (Wildman–Crippen LogP) is 1.98. The van der Waals surface area contributed by atoms with Crippen LogP contribution in [0.25, 0.3) is 0 Å². The highest BCUT2D eigenvalue weighted by Crippen LogP contribution is 2.24. The second kappa shape index (κ2) is 7.97. The summed E-state index contributed by atoms with van der Waals surface area (Å²) in [6.45, 7) is 1.45. The van der Waals surface area contributed by atoms with Gasteiger partial charge in [0.05, 0.1) is 13.2 Å². The van der Waals surface area contributed by atoms with Crippen LogP contribution in [0.3, 0.4) is 0 Å². The average Bonchev–Trinajstić information content (AvgIpc) is 2.66. The largest absolute Gasteiger partial charge is 0.497 e. The van der Waals surface area contributed by atoms with Gasteiger partial charge in [0.2, 0.25) is 0 Å². The second-order valence-corrected chi connectivity index (χ2v) is 5.51. The van der Waals surface area contributed by atoms with Crippen LogP contribution in [0.5, 0.6) is 5.75 Å². The number of nitrogens with zero attached hydrogens (tertiary/aromatic N) is 1. The van der Waals surface area contributed by atoms with E-state index in [1.807, 2.05) is 6.07 Å². The number of methoxy groups -OCH3 is 1. The van der Waals surface area contributed by atoms with E-state index in [1.54, 1.807) is 68.6 Å². The fraction of sp³-hybridized carbons (Fsp3) is 0.211. The summed E-state index contributed by atoms with van der Waals surface area (Å²) in [5.74, 6) is -0.215. The molecule has 128 valence electrons. The first-order chi connectivity index (χ1) is 12.0. The average molecular weight is 337 g/mol. The van der Waals surface area contributed by atoms with Gasteiger partial charge in [-0.05, 0) is 36.8 Å². The maximum Gasteiger partial charge on any atom is 0.252 e. The quantitative estimate of drug-likeness (QED) is 0.789. The third kappa shape index (κ3) is 4.15. The fourth-order valence-corrected chi connectivity index (χ4v) is 2.37. The molecule has 0 aliphatic heterocycles. The van der Waals surface area contributed by atoms with E-state index in [0.29, 0.717) is 16.9 Å². The highest BCUT2D eigenvalue weighted by molar-refractivity contribution is 5.99. The zero-order valence-corrected chi connectivity index (χ0v) is 14.1. The van der Waals surface area contributed by atoms with E-state index in [0.717, 1.165) is 0 Å². The van der Waals surface area contributed by atoms with Gasteiger partial charge in [-0.3, -0.25) is 9.59 Å². The maximum atomic E-state index is 12.6. The Hall–Kier alpha value is -3.33. The lowest BCUT2D eigenvalue weighted by Gasteiger charge is -2.30. The van der Waals surface area contributed by atoms with E-state index in [9.17, 15) is 9.59 Å². The number of amides is 2. The molecule has 0 spiro atoms. The predicted molar refractivity (Wildman–Crippen MR) is 92.9 cm³/mol. The van der Waals surface area contributed by atoms with Gasteiger partial charge in [-0.15, -0.1) is 0 Å². The van der Waals surface area contributed by atoms with Crippen LogP contribution in [-0.4, -0.2) is 25.5 Å². The first-order valence-corrected chi connectivity index (χ1v) is 7.68. The van der Waals surface area contributed by atoms with Crippen LogP contribution in [0.2, 0.25) is 0 Å². The molecule has 2 aromatic carbocycles. The lowest BCUT2D eigenvalue weighted by Crippen LogP contribution is -2.54. The van der Waals surface area contributed by atoms with E-state index in [4.69, 9.17) is 10.00 Å².